The highest BCUT2D eigenvalue weighted by Gasteiger charge is 2.13. The normalized spacial score (nSPS) is 10.4. The van der Waals surface area contributed by atoms with Gasteiger partial charge in [0.05, 0.1) is 0 Å². The van der Waals surface area contributed by atoms with Gasteiger partial charge in [0, 0.05) is 30.4 Å². The fourth-order valence-electron chi connectivity index (χ4n) is 2.61. The minimum Gasteiger partial charge on any atom is -0.347 e. The highest BCUT2D eigenvalue weighted by atomic mass is 19.1. The van der Waals surface area contributed by atoms with Gasteiger partial charge in [0.1, 0.15) is 23.7 Å². The van der Waals surface area contributed by atoms with E-state index in [0.717, 1.165) is 5.69 Å². The monoisotopic (exact) mass is 350 g/mol. The third-order valence-corrected chi connectivity index (χ3v) is 3.94. The van der Waals surface area contributed by atoms with Gasteiger partial charge in [-0.3, -0.25) is 4.79 Å². The molecule has 1 amide bonds. The van der Waals surface area contributed by atoms with E-state index in [9.17, 15) is 9.18 Å². The SMILES string of the molecule is CCN(c1ccccc1)c1cc(C(=O)NCc2ccccc2F)ncn1. The van der Waals surface area contributed by atoms with Crippen LogP contribution in [-0.2, 0) is 6.54 Å². The number of rotatable bonds is 6. The molecule has 3 aromatic rings. The molecule has 0 unspecified atom stereocenters. The van der Waals surface area contributed by atoms with E-state index in [1.807, 2.05) is 42.2 Å². The number of benzene rings is 2. The molecule has 5 nitrogen and oxygen atoms in total. The van der Waals surface area contributed by atoms with Gasteiger partial charge in [-0.25, -0.2) is 14.4 Å². The number of para-hydroxylation sites is 1. The van der Waals surface area contributed by atoms with E-state index in [4.69, 9.17) is 0 Å². The summed E-state index contributed by atoms with van der Waals surface area (Å²) in [5, 5.41) is 2.69. The van der Waals surface area contributed by atoms with Crippen molar-refractivity contribution in [2.75, 3.05) is 11.4 Å². The lowest BCUT2D eigenvalue weighted by Gasteiger charge is -2.22. The number of anilines is 2. The number of carbonyl (C=O) groups excluding carboxylic acids is 1. The predicted octanol–water partition coefficient (Wildman–Crippen LogP) is 3.70. The smallest absolute Gasteiger partial charge is 0.270 e. The second-order valence-electron chi connectivity index (χ2n) is 5.62. The van der Waals surface area contributed by atoms with E-state index in [1.165, 1.54) is 12.4 Å². The Morgan fingerprint density at radius 3 is 2.54 bits per heavy atom. The lowest BCUT2D eigenvalue weighted by molar-refractivity contribution is 0.0945. The number of hydrogen-bond donors (Lipinski definition) is 1. The first-order valence-corrected chi connectivity index (χ1v) is 8.35. The molecule has 6 heteroatoms. The van der Waals surface area contributed by atoms with E-state index in [1.54, 1.807) is 24.3 Å². The Labute approximate surface area is 151 Å². The number of nitrogens with zero attached hydrogens (tertiary/aromatic N) is 3. The van der Waals surface area contributed by atoms with Crippen LogP contribution in [0.25, 0.3) is 0 Å². The summed E-state index contributed by atoms with van der Waals surface area (Å²) in [5.41, 5.74) is 1.64. The van der Waals surface area contributed by atoms with Gasteiger partial charge in [0.2, 0.25) is 0 Å². The average Bonchev–Trinajstić information content (AvgIpc) is 2.69. The van der Waals surface area contributed by atoms with Crippen LogP contribution < -0.4 is 10.2 Å². The zero-order chi connectivity index (χ0) is 18.4. The molecule has 1 N–H and O–H groups in total. The van der Waals surface area contributed by atoms with Crippen molar-refractivity contribution in [2.24, 2.45) is 0 Å². The van der Waals surface area contributed by atoms with Gasteiger partial charge in [0.15, 0.2) is 0 Å². The highest BCUT2D eigenvalue weighted by molar-refractivity contribution is 5.93. The largest absolute Gasteiger partial charge is 0.347 e. The first-order chi connectivity index (χ1) is 12.7. The summed E-state index contributed by atoms with van der Waals surface area (Å²) < 4.78 is 13.7. The molecular formula is C20H19FN4O. The number of hydrogen-bond acceptors (Lipinski definition) is 4. The van der Waals surface area contributed by atoms with Gasteiger partial charge in [-0.1, -0.05) is 36.4 Å². The van der Waals surface area contributed by atoms with Crippen molar-refractivity contribution in [3.8, 4) is 0 Å². The van der Waals surface area contributed by atoms with Crippen molar-refractivity contribution in [2.45, 2.75) is 13.5 Å². The second kappa shape index (κ2) is 8.20. The van der Waals surface area contributed by atoms with Crippen LogP contribution in [0.15, 0.2) is 67.0 Å². The van der Waals surface area contributed by atoms with Crippen molar-refractivity contribution in [1.29, 1.82) is 0 Å². The molecule has 0 radical (unpaired) electrons. The first-order valence-electron chi connectivity index (χ1n) is 8.35. The second-order valence-corrected chi connectivity index (χ2v) is 5.62. The summed E-state index contributed by atoms with van der Waals surface area (Å²) in [5.74, 6) is -0.0943. The van der Waals surface area contributed by atoms with Crippen LogP contribution >= 0.6 is 0 Å². The number of carbonyl (C=O) groups is 1. The van der Waals surface area contributed by atoms with Crippen molar-refractivity contribution in [1.82, 2.24) is 15.3 Å². The Bertz CT molecular complexity index is 886. The van der Waals surface area contributed by atoms with E-state index >= 15 is 0 Å². The summed E-state index contributed by atoms with van der Waals surface area (Å²) in [7, 11) is 0. The molecule has 132 valence electrons. The maximum Gasteiger partial charge on any atom is 0.270 e. The van der Waals surface area contributed by atoms with Gasteiger partial charge in [-0.05, 0) is 25.1 Å². The summed E-state index contributed by atoms with van der Waals surface area (Å²) in [6.45, 7) is 2.80. The van der Waals surface area contributed by atoms with Gasteiger partial charge in [-0.2, -0.15) is 0 Å². The van der Waals surface area contributed by atoms with Crippen LogP contribution in [0.4, 0.5) is 15.9 Å². The molecule has 0 spiro atoms. The molecule has 2 aromatic carbocycles. The van der Waals surface area contributed by atoms with E-state index < -0.39 is 0 Å². The minimum atomic E-state index is -0.374. The van der Waals surface area contributed by atoms with Crippen LogP contribution in [0.1, 0.15) is 23.0 Å². The molecule has 1 heterocycles. The van der Waals surface area contributed by atoms with E-state index in [0.29, 0.717) is 17.9 Å². The van der Waals surface area contributed by atoms with Gasteiger partial charge < -0.3 is 10.2 Å². The van der Waals surface area contributed by atoms with E-state index in [-0.39, 0.29) is 24.0 Å². The van der Waals surface area contributed by atoms with Crippen molar-refractivity contribution >= 4 is 17.4 Å². The zero-order valence-corrected chi connectivity index (χ0v) is 14.4. The van der Waals surface area contributed by atoms with Gasteiger partial charge >= 0.3 is 0 Å². The fraction of sp³-hybridized carbons (Fsp3) is 0.150. The summed E-state index contributed by atoms with van der Waals surface area (Å²) in [4.78, 5) is 22.7. The molecule has 26 heavy (non-hydrogen) atoms. The lowest BCUT2D eigenvalue weighted by atomic mass is 10.2. The summed E-state index contributed by atoms with van der Waals surface area (Å²) in [6.07, 6.45) is 1.36. The minimum absolute atomic E-state index is 0.0982. The molecule has 0 fully saturated rings. The molecule has 0 aliphatic carbocycles. The molecule has 0 bridgehead atoms. The number of nitrogens with one attached hydrogen (secondary N) is 1. The Kier molecular flexibility index (Phi) is 5.53. The molecule has 0 aliphatic heterocycles. The van der Waals surface area contributed by atoms with Crippen molar-refractivity contribution < 1.29 is 9.18 Å². The molecule has 0 saturated carbocycles. The highest BCUT2D eigenvalue weighted by Crippen LogP contribution is 2.22. The Morgan fingerprint density at radius 1 is 1.08 bits per heavy atom. The predicted molar refractivity (Wildman–Crippen MR) is 98.7 cm³/mol. The molecule has 0 atom stereocenters. The number of halogens is 1. The summed E-state index contributed by atoms with van der Waals surface area (Å²) in [6, 6.07) is 17.8. The third kappa shape index (κ3) is 4.03. The molecule has 3 rings (SSSR count). The molecular weight excluding hydrogens is 331 g/mol. The maximum atomic E-state index is 13.7. The van der Waals surface area contributed by atoms with Crippen LogP contribution in [0.2, 0.25) is 0 Å². The number of aromatic nitrogens is 2. The van der Waals surface area contributed by atoms with Crippen molar-refractivity contribution in [3.63, 3.8) is 0 Å². The van der Waals surface area contributed by atoms with Crippen LogP contribution in [-0.4, -0.2) is 22.4 Å². The molecule has 0 saturated heterocycles. The Morgan fingerprint density at radius 2 is 1.81 bits per heavy atom. The molecule has 0 aliphatic rings. The van der Waals surface area contributed by atoms with Crippen molar-refractivity contribution in [3.05, 3.63) is 84.1 Å². The zero-order valence-electron chi connectivity index (χ0n) is 14.4. The average molecular weight is 350 g/mol. The van der Waals surface area contributed by atoms with E-state index in [2.05, 4.69) is 15.3 Å². The Balaban J connectivity index is 1.76. The standard InChI is InChI=1S/C20H19FN4O/c1-2-25(16-9-4-3-5-10-16)19-12-18(23-14-24-19)20(26)22-13-15-8-6-7-11-17(15)21/h3-12,14H,2,13H2,1H3,(H,22,26). The quantitative estimate of drug-likeness (QED) is 0.736. The van der Waals surface area contributed by atoms with Crippen LogP contribution in [0, 0.1) is 5.82 Å². The topological polar surface area (TPSA) is 58.1 Å². The molecule has 1 aromatic heterocycles. The fourth-order valence-corrected chi connectivity index (χ4v) is 2.61. The summed E-state index contributed by atoms with van der Waals surface area (Å²) >= 11 is 0. The lowest BCUT2D eigenvalue weighted by Crippen LogP contribution is -2.25. The van der Waals surface area contributed by atoms with Gasteiger partial charge in [-0.15, -0.1) is 0 Å². The first kappa shape index (κ1) is 17.5. The third-order valence-electron chi connectivity index (χ3n) is 3.94. The van der Waals surface area contributed by atoms with Crippen LogP contribution in [0.5, 0.6) is 0 Å². The Hall–Kier alpha value is -3.28. The number of amides is 1. The van der Waals surface area contributed by atoms with Gasteiger partial charge in [0.25, 0.3) is 5.91 Å². The van der Waals surface area contributed by atoms with Crippen LogP contribution in [0.3, 0.4) is 0 Å². The maximum absolute atomic E-state index is 13.7.